The number of alkyl halides is 45. The molecule has 55 heteroatoms. The number of rotatable bonds is 7. The molecule has 0 saturated carbocycles. The Labute approximate surface area is 420 Å². The van der Waals surface area contributed by atoms with Crippen molar-refractivity contribution in [2.75, 3.05) is 116 Å². The summed E-state index contributed by atoms with van der Waals surface area (Å²) in [6.07, 6.45) is -37.2. The molecule has 0 aliphatic rings. The van der Waals surface area contributed by atoms with Crippen LogP contribution < -0.4 is 0 Å². The summed E-state index contributed by atoms with van der Waals surface area (Å²) in [5.74, 6) is 0. The third-order valence-corrected chi connectivity index (χ3v) is 1.23. The molecule has 0 aliphatic carbocycles. The minimum absolute atomic E-state index is 0.347. The summed E-state index contributed by atoms with van der Waals surface area (Å²) in [4.78, 5) is 7.12. The fourth-order valence-corrected chi connectivity index (χ4v) is 0.254. The molecule has 4 N–H and O–H groups in total. The van der Waals surface area contributed by atoms with Crippen molar-refractivity contribution in [3.8, 4) is 0 Å². The number of halogens is 48. The lowest BCUT2D eigenvalue weighted by Crippen LogP contribution is -2.08. The van der Waals surface area contributed by atoms with Crippen LogP contribution in [0.4, 0.5) is 211 Å². The Kier molecular flexibility index (Phi) is 195. The third kappa shape index (κ3) is 2760. The van der Waals surface area contributed by atoms with Gasteiger partial charge in [-0.25, -0.2) is 87.8 Å². The molecule has 0 aromatic rings. The highest BCUT2D eigenvalue weighted by atomic mass is 19.6. The van der Waals surface area contributed by atoms with Crippen molar-refractivity contribution in [3.05, 3.63) is 0 Å². The van der Waals surface area contributed by atoms with Crippen molar-refractivity contribution in [2.45, 2.75) is 57.1 Å². The second kappa shape index (κ2) is 119. The maximum Gasteiger partial charge on any atom is 0.559 e. The molecule has 0 aromatic carbocycles. The Bertz CT molecular complexity index is 664. The van der Waals surface area contributed by atoms with Gasteiger partial charge in [-0.15, -0.1) is 70.2 Å². The maximum absolute atomic E-state index is 10.9. The molecule has 0 heterocycles. The molecule has 0 rings (SSSR count). The van der Waals surface area contributed by atoms with E-state index in [1.165, 1.54) is 0 Å². The van der Waals surface area contributed by atoms with E-state index in [4.69, 9.17) is 20.4 Å². The van der Waals surface area contributed by atoms with Gasteiger partial charge >= 0.3 is 44.2 Å². The first-order chi connectivity index (χ1) is 36.2. The SMILES string of the molecule is FC(F)(F)F.FC(F)(F)F.FC(F)(F)F.FC(F)(F)F.FCC(F)(F)F.FCF.FCF.FCF.FCF.FCF.FCF.FCF.FCOF.FCOF.FCOF.OCCC(F)(F)F.OCCC(F)(F)F.OCCF.OCCF. The molecule has 0 radical (unpaired) electrons. The second-order valence-electron chi connectivity index (χ2n) is 6.83. The lowest BCUT2D eigenvalue weighted by atomic mass is 10.5. The summed E-state index contributed by atoms with van der Waals surface area (Å²) < 4.78 is 478. The number of hydrogen-bond donors (Lipinski definition) is 4. The largest absolute Gasteiger partial charge is 0.559 e. The monoisotopic (exact) mass is 1380 g/mol. The fourth-order valence-electron chi connectivity index (χ4n) is 0.254. The van der Waals surface area contributed by atoms with Crippen LogP contribution in [0.15, 0.2) is 0 Å². The van der Waals surface area contributed by atoms with Gasteiger partial charge in [-0.1, -0.05) is 0 Å². The minimum Gasteiger partial charge on any atom is -0.396 e. The zero-order chi connectivity index (χ0) is 71.1. The zero-order valence-corrected chi connectivity index (χ0v) is 38.1. The summed E-state index contributed by atoms with van der Waals surface area (Å²) in [6.45, 7) is -22.1. The molecule has 0 bridgehead atoms. The van der Waals surface area contributed by atoms with Crippen LogP contribution in [0.5, 0.6) is 0 Å². The normalized spacial score (nSPS) is 9.33. The van der Waals surface area contributed by atoms with Gasteiger partial charge in [-0.3, -0.25) is 0 Å². The van der Waals surface area contributed by atoms with E-state index in [0.29, 0.717) is 0 Å². The van der Waals surface area contributed by atoms with Gasteiger partial charge in [0, 0.05) is 0 Å². The number of aliphatic hydroxyl groups excluding tert-OH is 4. The molecule has 0 spiro atoms. The number of hydrogen-bond acceptors (Lipinski definition) is 7. The molecule has 0 unspecified atom stereocenters. The van der Waals surface area contributed by atoms with Gasteiger partial charge in [0.05, 0.1) is 39.3 Å². The molecule has 0 amide bonds. The smallest absolute Gasteiger partial charge is 0.396 e. The number of aliphatic hydroxyl groups is 4. The average Bonchev–Trinajstić information content (AvgIpc) is 3.26. The zero-order valence-electron chi connectivity index (χ0n) is 38.1. The topological polar surface area (TPSA) is 109 Å². The summed E-state index contributed by atoms with van der Waals surface area (Å²) in [5.41, 5.74) is 0. The first-order valence-corrected chi connectivity index (χ1v) is 15.7. The standard InChI is InChI=1S/2C3H5F3O.C2H2F4.2C2H5FO.4CF4.3CH2F2O.7CH2F2/c2*4-3(5,6)1-2-7;3-1-2(4,5)6;2*3-1-2-4;4*2-1(3,4)5;3*2-1-4-3;7*2-1-3/h2*7H,1-2H2;1H2;2*4H,1-2H2;;;;;3*1H2;7*1H2. The predicted molar refractivity (Wildman–Crippen MR) is 176 cm³/mol. The Balaban J connectivity index is -0.0000000297. The average molecular weight is 1380 g/mol. The highest BCUT2D eigenvalue weighted by molar-refractivity contribution is 4.45. The summed E-state index contributed by atoms with van der Waals surface area (Å²) in [6, 6.07) is 0. The van der Waals surface area contributed by atoms with Crippen molar-refractivity contribution in [1.29, 1.82) is 0 Å². The summed E-state index contributed by atoms with van der Waals surface area (Å²) in [7, 11) is 0. The van der Waals surface area contributed by atoms with Crippen LogP contribution >= 0.6 is 0 Å². The van der Waals surface area contributed by atoms with E-state index in [-0.39, 0.29) is 13.2 Å². The van der Waals surface area contributed by atoms with Crippen molar-refractivity contribution in [1.82, 2.24) is 0 Å². The van der Waals surface area contributed by atoms with E-state index < -0.39 is 159 Å². The molecular weight excluding hydrogens is 1340 g/mol. The van der Waals surface area contributed by atoms with Gasteiger partial charge < -0.3 is 20.4 Å². The van der Waals surface area contributed by atoms with E-state index in [1.54, 1.807) is 0 Å². The Hall–Kier alpha value is -3.64. The van der Waals surface area contributed by atoms with Crippen LogP contribution in [0.2, 0.25) is 0 Å². The van der Waals surface area contributed by atoms with E-state index in [9.17, 15) is 211 Å². The first-order valence-electron chi connectivity index (χ1n) is 15.7. The molecule has 7 nitrogen and oxygen atoms in total. The second-order valence-corrected chi connectivity index (χ2v) is 6.83. The Morgan fingerprint density at radius 1 is 0.222 bits per heavy atom. The molecule has 0 atom stereocenters. The van der Waals surface area contributed by atoms with Crippen molar-refractivity contribution in [3.63, 3.8) is 0 Å². The molecular formula is C26H42F48O7. The predicted octanol–water partition coefficient (Wildman–Crippen LogP) is 17.8. The van der Waals surface area contributed by atoms with Crippen LogP contribution in [-0.4, -0.2) is 180 Å². The van der Waals surface area contributed by atoms with Crippen LogP contribution in [0.25, 0.3) is 0 Å². The van der Waals surface area contributed by atoms with Gasteiger partial charge in [0.1, 0.15) is 13.3 Å². The Morgan fingerprint density at radius 3 is 0.296 bits per heavy atom. The van der Waals surface area contributed by atoms with Crippen LogP contribution in [0.1, 0.15) is 12.8 Å². The van der Waals surface area contributed by atoms with Crippen LogP contribution in [0, 0.1) is 0 Å². The summed E-state index contributed by atoms with van der Waals surface area (Å²) >= 11 is 0. The lowest BCUT2D eigenvalue weighted by molar-refractivity contribution is -0.238. The van der Waals surface area contributed by atoms with Crippen molar-refractivity contribution in [2.24, 2.45) is 0 Å². The van der Waals surface area contributed by atoms with Gasteiger partial charge in [-0.2, -0.15) is 54.3 Å². The maximum atomic E-state index is 10.9. The molecule has 0 aromatic heterocycles. The molecule has 81 heavy (non-hydrogen) atoms. The van der Waals surface area contributed by atoms with E-state index >= 15 is 0 Å². The molecule has 0 saturated heterocycles. The fraction of sp³-hybridized carbons (Fsp3) is 1.00. The molecule has 524 valence electrons. The summed E-state index contributed by atoms with van der Waals surface area (Å²) in [5, 5.41) is 30.4. The van der Waals surface area contributed by atoms with E-state index in [0.717, 1.165) is 0 Å². The first kappa shape index (κ1) is 132. The van der Waals surface area contributed by atoms with Gasteiger partial charge in [-0.05, 0) is 13.6 Å². The Morgan fingerprint density at radius 2 is 0.296 bits per heavy atom. The third-order valence-electron chi connectivity index (χ3n) is 1.23. The highest BCUT2D eigenvalue weighted by Gasteiger charge is 2.28. The van der Waals surface area contributed by atoms with E-state index in [1.807, 2.05) is 0 Å². The van der Waals surface area contributed by atoms with Crippen molar-refractivity contribution < 1.29 is 246 Å². The van der Waals surface area contributed by atoms with Crippen LogP contribution in [-0.2, 0) is 14.8 Å². The quantitative estimate of drug-likeness (QED) is 0.188. The van der Waals surface area contributed by atoms with Gasteiger partial charge in [0.15, 0.2) is 6.67 Å². The highest BCUT2D eigenvalue weighted by Crippen LogP contribution is 2.19. The minimum atomic E-state index is -5.50. The van der Waals surface area contributed by atoms with Gasteiger partial charge in [0.2, 0.25) is 69.1 Å². The van der Waals surface area contributed by atoms with E-state index in [2.05, 4.69) is 14.8 Å². The van der Waals surface area contributed by atoms with Crippen LogP contribution in [0.3, 0.4) is 0 Å². The molecule has 0 fully saturated rings. The van der Waals surface area contributed by atoms with Crippen molar-refractivity contribution >= 4 is 0 Å². The lowest BCUT2D eigenvalue weighted by Gasteiger charge is -1.99. The molecule has 0 aliphatic heterocycles. The van der Waals surface area contributed by atoms with Gasteiger partial charge in [0.25, 0.3) is 0 Å².